The number of aldehydes is 1. The van der Waals surface area contributed by atoms with Crippen LogP contribution in [0.1, 0.15) is 0 Å². The molecule has 1 aromatic carbocycles. The quantitative estimate of drug-likeness (QED) is 0.331. The Labute approximate surface area is 101 Å². The van der Waals surface area contributed by atoms with Gasteiger partial charge in [0.2, 0.25) is 0 Å². The van der Waals surface area contributed by atoms with E-state index in [1.165, 1.54) is 19.2 Å². The van der Waals surface area contributed by atoms with E-state index in [-0.39, 0.29) is 23.4 Å². The second-order valence-electron chi connectivity index (χ2n) is 3.24. The van der Waals surface area contributed by atoms with E-state index in [4.69, 9.17) is 9.84 Å². The molecule has 1 atom stereocenters. The zero-order valence-electron chi connectivity index (χ0n) is 9.32. The maximum absolute atomic E-state index is 10.7. The number of rotatable bonds is 6. The van der Waals surface area contributed by atoms with E-state index in [1.54, 1.807) is 0 Å². The average Bonchev–Trinajstić information content (AvgIpc) is 2.35. The van der Waals surface area contributed by atoms with E-state index in [2.05, 4.69) is 5.32 Å². The third kappa shape index (κ3) is 2.94. The van der Waals surface area contributed by atoms with Crippen molar-refractivity contribution in [1.29, 1.82) is 0 Å². The van der Waals surface area contributed by atoms with Crippen LogP contribution in [0.2, 0.25) is 0 Å². The van der Waals surface area contributed by atoms with Crippen LogP contribution in [0.15, 0.2) is 18.2 Å². The first kappa shape index (κ1) is 13.4. The lowest BCUT2D eigenvalue weighted by Crippen LogP contribution is -2.30. The Kier molecular flexibility index (Phi) is 4.19. The zero-order valence-corrected chi connectivity index (χ0v) is 9.32. The SMILES string of the molecule is COc1ccc(NC(C=O)C(=O)O)cc1[N+](=O)[O-]. The first-order chi connectivity index (χ1) is 8.49. The summed E-state index contributed by atoms with van der Waals surface area (Å²) < 4.78 is 4.79. The molecule has 1 aromatic rings. The van der Waals surface area contributed by atoms with Gasteiger partial charge < -0.3 is 20.0 Å². The summed E-state index contributed by atoms with van der Waals surface area (Å²) in [5.41, 5.74) is -0.181. The lowest BCUT2D eigenvalue weighted by atomic mass is 10.2. The smallest absolute Gasteiger partial charge is 0.333 e. The molecule has 0 heterocycles. The molecule has 18 heavy (non-hydrogen) atoms. The predicted molar refractivity (Wildman–Crippen MR) is 60.8 cm³/mol. The largest absolute Gasteiger partial charge is 0.490 e. The Hall–Kier alpha value is -2.64. The van der Waals surface area contributed by atoms with E-state index in [0.717, 1.165) is 6.07 Å². The third-order valence-electron chi connectivity index (χ3n) is 2.10. The molecule has 0 aromatic heterocycles. The van der Waals surface area contributed by atoms with E-state index in [1.807, 2.05) is 0 Å². The Morgan fingerprint density at radius 2 is 2.28 bits per heavy atom. The lowest BCUT2D eigenvalue weighted by Gasteiger charge is -2.10. The number of nitro benzene ring substituents is 1. The van der Waals surface area contributed by atoms with Gasteiger partial charge in [-0.3, -0.25) is 10.1 Å². The fourth-order valence-corrected chi connectivity index (χ4v) is 1.26. The van der Waals surface area contributed by atoms with E-state index < -0.39 is 16.9 Å². The molecule has 0 saturated carbocycles. The maximum Gasteiger partial charge on any atom is 0.333 e. The first-order valence-corrected chi connectivity index (χ1v) is 4.76. The minimum Gasteiger partial charge on any atom is -0.490 e. The standard InChI is InChI=1S/C10H10N2O6/c1-18-9-3-2-6(4-8(9)12(16)17)11-7(5-13)10(14)15/h2-5,7,11H,1H3,(H,14,15). The van der Waals surface area contributed by atoms with Gasteiger partial charge >= 0.3 is 11.7 Å². The van der Waals surface area contributed by atoms with Crippen molar-refractivity contribution in [1.82, 2.24) is 0 Å². The molecule has 1 unspecified atom stereocenters. The monoisotopic (exact) mass is 254 g/mol. The maximum atomic E-state index is 10.7. The highest BCUT2D eigenvalue weighted by molar-refractivity contribution is 5.94. The van der Waals surface area contributed by atoms with Crippen molar-refractivity contribution in [3.05, 3.63) is 28.3 Å². The molecule has 8 nitrogen and oxygen atoms in total. The molecule has 0 radical (unpaired) electrons. The van der Waals surface area contributed by atoms with Gasteiger partial charge in [0.15, 0.2) is 18.1 Å². The molecule has 0 fully saturated rings. The number of nitro groups is 1. The fraction of sp³-hybridized carbons (Fsp3) is 0.200. The molecular weight excluding hydrogens is 244 g/mol. The number of carboxylic acids is 1. The number of hydrogen-bond acceptors (Lipinski definition) is 6. The molecular formula is C10H10N2O6. The predicted octanol–water partition coefficient (Wildman–Crippen LogP) is 0.667. The molecule has 2 N–H and O–H groups in total. The number of aliphatic carboxylic acids is 1. The van der Waals surface area contributed by atoms with Gasteiger partial charge in [-0.25, -0.2) is 4.79 Å². The van der Waals surface area contributed by atoms with Gasteiger partial charge in [0.05, 0.1) is 12.0 Å². The van der Waals surface area contributed by atoms with Crippen molar-refractivity contribution in [2.45, 2.75) is 6.04 Å². The Bertz CT molecular complexity index is 487. The van der Waals surface area contributed by atoms with Crippen molar-refractivity contribution in [2.24, 2.45) is 0 Å². The van der Waals surface area contributed by atoms with E-state index in [9.17, 15) is 19.7 Å². The van der Waals surface area contributed by atoms with Crippen molar-refractivity contribution < 1.29 is 24.4 Å². The molecule has 0 amide bonds. The number of nitrogens with one attached hydrogen (secondary N) is 1. The molecule has 0 aliphatic heterocycles. The van der Waals surface area contributed by atoms with E-state index in [0.29, 0.717) is 0 Å². The van der Waals surface area contributed by atoms with Crippen LogP contribution < -0.4 is 10.1 Å². The highest BCUT2D eigenvalue weighted by Crippen LogP contribution is 2.29. The van der Waals surface area contributed by atoms with Crippen LogP contribution in [0, 0.1) is 10.1 Å². The number of carboxylic acid groups (broad SMARTS) is 1. The minimum absolute atomic E-state index is 0.0449. The van der Waals surface area contributed by atoms with Crippen LogP contribution in [0.4, 0.5) is 11.4 Å². The van der Waals surface area contributed by atoms with Gasteiger partial charge in [-0.1, -0.05) is 0 Å². The summed E-state index contributed by atoms with van der Waals surface area (Å²) in [6.07, 6.45) is 0.193. The van der Waals surface area contributed by atoms with Gasteiger partial charge in [-0.05, 0) is 12.1 Å². The number of anilines is 1. The van der Waals surface area contributed by atoms with Gasteiger partial charge in [-0.15, -0.1) is 0 Å². The first-order valence-electron chi connectivity index (χ1n) is 4.76. The van der Waals surface area contributed by atoms with Crippen molar-refractivity contribution >= 4 is 23.6 Å². The summed E-state index contributed by atoms with van der Waals surface area (Å²) in [5.74, 6) is -1.33. The Balaban J connectivity index is 3.05. The molecule has 0 bridgehead atoms. The number of ether oxygens (including phenoxy) is 1. The van der Waals surface area contributed by atoms with Crippen molar-refractivity contribution in [3.63, 3.8) is 0 Å². The van der Waals surface area contributed by atoms with Crippen LogP contribution in [0.5, 0.6) is 5.75 Å². The van der Waals surface area contributed by atoms with Crippen LogP contribution in [-0.4, -0.2) is 35.4 Å². The molecule has 1 rings (SSSR count). The zero-order chi connectivity index (χ0) is 13.7. The summed E-state index contributed by atoms with van der Waals surface area (Å²) in [6.45, 7) is 0. The van der Waals surface area contributed by atoms with E-state index >= 15 is 0 Å². The number of nitrogens with zero attached hydrogens (tertiary/aromatic N) is 1. The van der Waals surface area contributed by atoms with Crippen molar-refractivity contribution in [2.75, 3.05) is 12.4 Å². The molecule has 0 aliphatic rings. The summed E-state index contributed by atoms with van der Waals surface area (Å²) in [7, 11) is 1.28. The summed E-state index contributed by atoms with van der Waals surface area (Å²) in [5, 5.41) is 21.7. The molecule has 0 aliphatic carbocycles. The Morgan fingerprint density at radius 3 is 2.72 bits per heavy atom. The van der Waals surface area contributed by atoms with Gasteiger partial charge in [0.25, 0.3) is 0 Å². The second kappa shape index (κ2) is 5.62. The molecule has 96 valence electrons. The summed E-state index contributed by atoms with van der Waals surface area (Å²) in [6, 6.07) is 2.33. The van der Waals surface area contributed by atoms with Gasteiger partial charge in [0, 0.05) is 11.8 Å². The third-order valence-corrected chi connectivity index (χ3v) is 2.10. The molecule has 0 saturated heterocycles. The van der Waals surface area contributed by atoms with Crippen LogP contribution in [-0.2, 0) is 9.59 Å². The van der Waals surface area contributed by atoms with Gasteiger partial charge in [0.1, 0.15) is 0 Å². The van der Waals surface area contributed by atoms with Crippen LogP contribution in [0.25, 0.3) is 0 Å². The topological polar surface area (TPSA) is 119 Å². The lowest BCUT2D eigenvalue weighted by molar-refractivity contribution is -0.385. The summed E-state index contributed by atoms with van der Waals surface area (Å²) in [4.78, 5) is 31.2. The van der Waals surface area contributed by atoms with Gasteiger partial charge in [-0.2, -0.15) is 0 Å². The number of carbonyl (C=O) groups is 2. The number of carbonyl (C=O) groups excluding carboxylic acids is 1. The van der Waals surface area contributed by atoms with Crippen LogP contribution in [0.3, 0.4) is 0 Å². The highest BCUT2D eigenvalue weighted by Gasteiger charge is 2.19. The molecule has 0 spiro atoms. The van der Waals surface area contributed by atoms with Crippen molar-refractivity contribution in [3.8, 4) is 5.75 Å². The highest BCUT2D eigenvalue weighted by atomic mass is 16.6. The number of methoxy groups -OCH3 is 1. The molecule has 8 heteroatoms. The number of hydrogen-bond donors (Lipinski definition) is 2. The Morgan fingerprint density at radius 1 is 1.61 bits per heavy atom. The average molecular weight is 254 g/mol. The number of benzene rings is 1. The summed E-state index contributed by atoms with van der Waals surface area (Å²) >= 11 is 0. The van der Waals surface area contributed by atoms with Crippen LogP contribution >= 0.6 is 0 Å². The second-order valence-corrected chi connectivity index (χ2v) is 3.24. The fourth-order valence-electron chi connectivity index (χ4n) is 1.26. The normalized spacial score (nSPS) is 11.4. The minimum atomic E-state index is -1.46.